The van der Waals surface area contributed by atoms with Gasteiger partial charge in [0.25, 0.3) is 0 Å². The van der Waals surface area contributed by atoms with Crippen LogP contribution in [0.15, 0.2) is 60.0 Å². The first kappa shape index (κ1) is 16.7. The highest BCUT2D eigenvalue weighted by Gasteiger charge is 2.06. The summed E-state index contributed by atoms with van der Waals surface area (Å²) in [6, 6.07) is 14.7. The fourth-order valence-corrected chi connectivity index (χ4v) is 3.05. The lowest BCUT2D eigenvalue weighted by molar-refractivity contribution is -0.111. The number of hydrogen-bond donors (Lipinski definition) is 1. The number of thiazole rings is 1. The molecule has 2 aromatic carbocycles. The Kier molecular flexibility index (Phi) is 5.30. The lowest BCUT2D eigenvalue weighted by Crippen LogP contribution is -2.07. The van der Waals surface area contributed by atoms with Crippen molar-refractivity contribution in [2.75, 3.05) is 5.32 Å². The monoisotopic (exact) mass is 374 g/mol. The SMILES string of the molecule is O=C(/C=C/c1ccccc1Cl)Nc1nc(-c2ccc(Cl)cc2)cs1. The van der Waals surface area contributed by atoms with Crippen LogP contribution in [-0.2, 0) is 4.79 Å². The van der Waals surface area contributed by atoms with E-state index in [0.29, 0.717) is 15.2 Å². The molecule has 3 aromatic rings. The minimum atomic E-state index is -0.257. The first-order valence-electron chi connectivity index (χ1n) is 7.07. The number of aromatic nitrogens is 1. The van der Waals surface area contributed by atoms with Crippen LogP contribution in [0.4, 0.5) is 5.13 Å². The molecule has 1 N–H and O–H groups in total. The smallest absolute Gasteiger partial charge is 0.250 e. The molecule has 0 fully saturated rings. The van der Waals surface area contributed by atoms with Crippen LogP contribution < -0.4 is 5.32 Å². The number of carbonyl (C=O) groups is 1. The third-order valence-electron chi connectivity index (χ3n) is 3.19. The van der Waals surface area contributed by atoms with Gasteiger partial charge in [0.05, 0.1) is 5.69 Å². The first-order chi connectivity index (χ1) is 11.6. The minimum absolute atomic E-state index is 0.257. The molecule has 1 heterocycles. The van der Waals surface area contributed by atoms with Crippen LogP contribution >= 0.6 is 34.5 Å². The fourth-order valence-electron chi connectivity index (χ4n) is 2.01. The number of hydrogen-bond acceptors (Lipinski definition) is 3. The van der Waals surface area contributed by atoms with E-state index in [2.05, 4.69) is 10.3 Å². The lowest BCUT2D eigenvalue weighted by atomic mass is 10.2. The van der Waals surface area contributed by atoms with E-state index in [1.165, 1.54) is 17.4 Å². The Bertz CT molecular complexity index is 888. The van der Waals surface area contributed by atoms with Crippen molar-refractivity contribution in [3.05, 3.63) is 75.6 Å². The van der Waals surface area contributed by atoms with E-state index in [1.54, 1.807) is 24.3 Å². The van der Waals surface area contributed by atoms with Gasteiger partial charge in [-0.1, -0.05) is 53.5 Å². The average molecular weight is 375 g/mol. The molecule has 0 aliphatic carbocycles. The van der Waals surface area contributed by atoms with Crippen molar-refractivity contribution in [3.63, 3.8) is 0 Å². The summed E-state index contributed by atoms with van der Waals surface area (Å²) in [5, 5.41) is 6.44. The van der Waals surface area contributed by atoms with Gasteiger partial charge in [-0.05, 0) is 29.8 Å². The van der Waals surface area contributed by atoms with Crippen LogP contribution in [0.5, 0.6) is 0 Å². The number of benzene rings is 2. The van der Waals surface area contributed by atoms with Gasteiger partial charge < -0.3 is 0 Å². The average Bonchev–Trinajstić information content (AvgIpc) is 3.03. The second-order valence-electron chi connectivity index (χ2n) is 4.89. The van der Waals surface area contributed by atoms with Crippen molar-refractivity contribution < 1.29 is 4.79 Å². The molecule has 0 atom stereocenters. The number of halogens is 2. The summed E-state index contributed by atoms with van der Waals surface area (Å²) in [7, 11) is 0. The van der Waals surface area contributed by atoms with Crippen molar-refractivity contribution >= 4 is 51.7 Å². The second-order valence-corrected chi connectivity index (χ2v) is 6.59. The number of anilines is 1. The summed E-state index contributed by atoms with van der Waals surface area (Å²) >= 11 is 13.3. The minimum Gasteiger partial charge on any atom is -0.298 e. The normalized spacial score (nSPS) is 10.9. The van der Waals surface area contributed by atoms with E-state index < -0.39 is 0 Å². The van der Waals surface area contributed by atoms with Gasteiger partial charge in [-0.15, -0.1) is 11.3 Å². The predicted molar refractivity (Wildman–Crippen MR) is 102 cm³/mol. The molecule has 0 spiro atoms. The van der Waals surface area contributed by atoms with Gasteiger partial charge in [-0.25, -0.2) is 4.98 Å². The molecule has 3 rings (SSSR count). The molecule has 0 saturated heterocycles. The summed E-state index contributed by atoms with van der Waals surface area (Å²) in [6.07, 6.45) is 3.11. The number of nitrogens with one attached hydrogen (secondary N) is 1. The van der Waals surface area contributed by atoms with Crippen LogP contribution in [0.3, 0.4) is 0 Å². The Hall–Kier alpha value is -2.14. The highest BCUT2D eigenvalue weighted by Crippen LogP contribution is 2.26. The van der Waals surface area contributed by atoms with E-state index in [4.69, 9.17) is 23.2 Å². The lowest BCUT2D eigenvalue weighted by Gasteiger charge is -1.98. The largest absolute Gasteiger partial charge is 0.298 e. The van der Waals surface area contributed by atoms with E-state index in [1.807, 2.05) is 35.7 Å². The van der Waals surface area contributed by atoms with Gasteiger partial charge in [0.1, 0.15) is 0 Å². The molecule has 24 heavy (non-hydrogen) atoms. The summed E-state index contributed by atoms with van der Waals surface area (Å²) in [6.45, 7) is 0. The molecule has 0 saturated carbocycles. The quantitative estimate of drug-likeness (QED) is 0.589. The third kappa shape index (κ3) is 4.23. The van der Waals surface area contributed by atoms with Crippen LogP contribution in [0.25, 0.3) is 17.3 Å². The standard InChI is InChI=1S/C18H12Cl2N2OS/c19-14-8-5-13(6-9-14)16-11-24-18(21-16)22-17(23)10-7-12-3-1-2-4-15(12)20/h1-11H,(H,21,22,23)/b10-7+. The molecule has 0 aliphatic rings. The van der Waals surface area contributed by atoms with Crippen molar-refractivity contribution in [3.8, 4) is 11.3 Å². The molecule has 6 heteroatoms. The molecule has 3 nitrogen and oxygen atoms in total. The summed E-state index contributed by atoms with van der Waals surface area (Å²) in [4.78, 5) is 16.4. The van der Waals surface area contributed by atoms with Crippen molar-refractivity contribution in [1.82, 2.24) is 4.98 Å². The predicted octanol–water partition coefficient (Wildman–Crippen LogP) is 5.77. The van der Waals surface area contributed by atoms with Crippen molar-refractivity contribution in [2.45, 2.75) is 0 Å². The Morgan fingerprint density at radius 3 is 2.58 bits per heavy atom. The zero-order valence-corrected chi connectivity index (χ0v) is 14.7. The summed E-state index contributed by atoms with van der Waals surface area (Å²) in [5.41, 5.74) is 2.53. The maximum absolute atomic E-state index is 12.0. The zero-order chi connectivity index (χ0) is 16.9. The van der Waals surface area contributed by atoms with E-state index >= 15 is 0 Å². The van der Waals surface area contributed by atoms with Gasteiger partial charge in [0, 0.05) is 27.1 Å². The van der Waals surface area contributed by atoms with Crippen LogP contribution in [0, 0.1) is 0 Å². The first-order valence-corrected chi connectivity index (χ1v) is 8.70. The number of carbonyl (C=O) groups excluding carboxylic acids is 1. The van der Waals surface area contributed by atoms with Gasteiger partial charge in [-0.2, -0.15) is 0 Å². The maximum atomic E-state index is 12.0. The third-order valence-corrected chi connectivity index (χ3v) is 4.55. The topological polar surface area (TPSA) is 42.0 Å². The maximum Gasteiger partial charge on any atom is 0.250 e. The van der Waals surface area contributed by atoms with E-state index in [0.717, 1.165) is 16.8 Å². The van der Waals surface area contributed by atoms with Gasteiger partial charge >= 0.3 is 0 Å². The van der Waals surface area contributed by atoms with Crippen molar-refractivity contribution in [1.29, 1.82) is 0 Å². The molecule has 120 valence electrons. The van der Waals surface area contributed by atoms with E-state index in [9.17, 15) is 4.79 Å². The Morgan fingerprint density at radius 1 is 1.08 bits per heavy atom. The Morgan fingerprint density at radius 2 is 1.83 bits per heavy atom. The summed E-state index contributed by atoms with van der Waals surface area (Å²) < 4.78 is 0. The zero-order valence-electron chi connectivity index (χ0n) is 12.4. The van der Waals surface area contributed by atoms with Gasteiger partial charge in [0.15, 0.2) is 5.13 Å². The Balaban J connectivity index is 1.67. The fraction of sp³-hybridized carbons (Fsp3) is 0. The number of amides is 1. The van der Waals surface area contributed by atoms with Crippen LogP contribution in [0.1, 0.15) is 5.56 Å². The highest BCUT2D eigenvalue weighted by molar-refractivity contribution is 7.14. The molecule has 0 unspecified atom stereocenters. The molecule has 0 bridgehead atoms. The molecule has 1 aromatic heterocycles. The highest BCUT2D eigenvalue weighted by atomic mass is 35.5. The molecular formula is C18H12Cl2N2OS. The van der Waals surface area contributed by atoms with Crippen LogP contribution in [0.2, 0.25) is 10.0 Å². The van der Waals surface area contributed by atoms with Crippen molar-refractivity contribution in [2.24, 2.45) is 0 Å². The molecule has 0 radical (unpaired) electrons. The van der Waals surface area contributed by atoms with Gasteiger partial charge in [-0.3, -0.25) is 10.1 Å². The van der Waals surface area contributed by atoms with Crippen LogP contribution in [-0.4, -0.2) is 10.9 Å². The molecule has 1 amide bonds. The molecular weight excluding hydrogens is 363 g/mol. The molecule has 0 aliphatic heterocycles. The Labute approximate surface area is 153 Å². The number of rotatable bonds is 4. The summed E-state index contributed by atoms with van der Waals surface area (Å²) in [5.74, 6) is -0.257. The second kappa shape index (κ2) is 7.62. The number of nitrogens with zero attached hydrogens (tertiary/aromatic N) is 1. The van der Waals surface area contributed by atoms with E-state index in [-0.39, 0.29) is 5.91 Å². The van der Waals surface area contributed by atoms with Gasteiger partial charge in [0.2, 0.25) is 5.91 Å².